The van der Waals surface area contributed by atoms with Crippen LogP contribution in [0, 0.1) is 18.3 Å². The smallest absolute Gasteiger partial charge is 0.103 e. The second-order valence-electron chi connectivity index (χ2n) is 4.99. The number of pyridine rings is 1. The van der Waals surface area contributed by atoms with Crippen molar-refractivity contribution in [2.24, 2.45) is 0 Å². The molecule has 0 amide bonds. The summed E-state index contributed by atoms with van der Waals surface area (Å²) in [7, 11) is 7.91. The highest BCUT2D eigenvalue weighted by Crippen LogP contribution is 2.34. The Hall–Kier alpha value is -2.28. The monoisotopic (exact) mass is 254 g/mol. The number of aromatic nitrogens is 1. The number of nitriles is 1. The van der Waals surface area contributed by atoms with Gasteiger partial charge in [0.15, 0.2) is 0 Å². The summed E-state index contributed by atoms with van der Waals surface area (Å²) in [6, 6.07) is 8.33. The third-order valence-electron chi connectivity index (χ3n) is 3.19. The van der Waals surface area contributed by atoms with E-state index in [0.717, 1.165) is 28.0 Å². The average Bonchev–Trinajstić information content (AvgIpc) is 2.35. The van der Waals surface area contributed by atoms with E-state index < -0.39 is 0 Å². The lowest BCUT2D eigenvalue weighted by atomic mass is 10.0. The highest BCUT2D eigenvalue weighted by molar-refractivity contribution is 6.01. The molecule has 1 aromatic carbocycles. The Kier molecular flexibility index (Phi) is 3.30. The number of hydrogen-bond donors (Lipinski definition) is 0. The van der Waals surface area contributed by atoms with E-state index in [1.807, 2.05) is 63.1 Å². The van der Waals surface area contributed by atoms with Crippen molar-refractivity contribution in [3.05, 3.63) is 29.5 Å². The van der Waals surface area contributed by atoms with Gasteiger partial charge >= 0.3 is 0 Å². The highest BCUT2D eigenvalue weighted by Gasteiger charge is 2.16. The third kappa shape index (κ3) is 2.08. The molecule has 0 aliphatic carbocycles. The van der Waals surface area contributed by atoms with Crippen molar-refractivity contribution >= 4 is 22.3 Å². The van der Waals surface area contributed by atoms with Gasteiger partial charge in [-0.05, 0) is 13.0 Å². The molecule has 0 saturated heterocycles. The van der Waals surface area contributed by atoms with Crippen LogP contribution in [-0.2, 0) is 0 Å². The Labute approximate surface area is 113 Å². The molecule has 98 valence electrons. The molecule has 4 nitrogen and oxygen atoms in total. The van der Waals surface area contributed by atoms with Crippen LogP contribution in [0.4, 0.5) is 11.4 Å². The van der Waals surface area contributed by atoms with Crippen molar-refractivity contribution in [3.63, 3.8) is 0 Å². The normalized spacial score (nSPS) is 10.3. The molecule has 0 unspecified atom stereocenters. The molecule has 2 aromatic rings. The fourth-order valence-electron chi connectivity index (χ4n) is 2.33. The standard InChI is InChI=1S/C15H18N4/c1-10-12(9-16)15(19(4)5)11-7-6-8-13(18(2)3)14(11)17-10/h6-8H,1-5H3. The molecular formula is C15H18N4. The van der Waals surface area contributed by atoms with Crippen LogP contribution < -0.4 is 9.80 Å². The number of benzene rings is 1. The van der Waals surface area contributed by atoms with Gasteiger partial charge in [0.1, 0.15) is 6.07 Å². The summed E-state index contributed by atoms with van der Waals surface area (Å²) in [6.45, 7) is 1.89. The van der Waals surface area contributed by atoms with Gasteiger partial charge in [-0.3, -0.25) is 0 Å². The summed E-state index contributed by atoms with van der Waals surface area (Å²) < 4.78 is 0. The molecule has 2 rings (SSSR count). The van der Waals surface area contributed by atoms with Crippen LogP contribution in [0.15, 0.2) is 18.2 Å². The first-order valence-electron chi connectivity index (χ1n) is 6.15. The van der Waals surface area contributed by atoms with E-state index in [2.05, 4.69) is 11.1 Å². The third-order valence-corrected chi connectivity index (χ3v) is 3.19. The quantitative estimate of drug-likeness (QED) is 0.826. The molecule has 0 spiro atoms. The first-order chi connectivity index (χ1) is 8.97. The van der Waals surface area contributed by atoms with E-state index >= 15 is 0 Å². The molecule has 1 aromatic heterocycles. The Morgan fingerprint density at radius 1 is 1.11 bits per heavy atom. The largest absolute Gasteiger partial charge is 0.376 e. The Balaban J connectivity index is 2.96. The van der Waals surface area contributed by atoms with Gasteiger partial charge in [-0.2, -0.15) is 5.26 Å². The molecule has 0 radical (unpaired) electrons. The molecule has 0 saturated carbocycles. The Morgan fingerprint density at radius 3 is 2.32 bits per heavy atom. The predicted octanol–water partition coefficient (Wildman–Crippen LogP) is 2.55. The van der Waals surface area contributed by atoms with Crippen LogP contribution in [0.3, 0.4) is 0 Å². The van der Waals surface area contributed by atoms with E-state index in [9.17, 15) is 5.26 Å². The van der Waals surface area contributed by atoms with Gasteiger partial charge in [-0.1, -0.05) is 12.1 Å². The van der Waals surface area contributed by atoms with Gasteiger partial charge in [0.25, 0.3) is 0 Å². The van der Waals surface area contributed by atoms with Crippen LogP contribution in [-0.4, -0.2) is 33.2 Å². The van der Waals surface area contributed by atoms with E-state index in [1.54, 1.807) is 0 Å². The number of aryl methyl sites for hydroxylation is 1. The van der Waals surface area contributed by atoms with Crippen molar-refractivity contribution < 1.29 is 0 Å². The average molecular weight is 254 g/mol. The number of fused-ring (bicyclic) bond motifs is 1. The van der Waals surface area contributed by atoms with E-state index in [1.165, 1.54) is 0 Å². The number of anilines is 2. The lowest BCUT2D eigenvalue weighted by Gasteiger charge is -2.21. The zero-order valence-corrected chi connectivity index (χ0v) is 12.0. The van der Waals surface area contributed by atoms with Crippen LogP contribution in [0.5, 0.6) is 0 Å². The zero-order chi connectivity index (χ0) is 14.2. The summed E-state index contributed by atoms with van der Waals surface area (Å²) in [6.07, 6.45) is 0. The number of nitrogens with zero attached hydrogens (tertiary/aromatic N) is 4. The summed E-state index contributed by atoms with van der Waals surface area (Å²) in [5.41, 5.74) is 4.36. The second-order valence-corrected chi connectivity index (χ2v) is 4.99. The minimum absolute atomic E-state index is 0.647. The maximum absolute atomic E-state index is 9.36. The van der Waals surface area contributed by atoms with Gasteiger partial charge in [0.05, 0.1) is 28.1 Å². The number of hydrogen-bond acceptors (Lipinski definition) is 4. The van der Waals surface area contributed by atoms with Crippen LogP contribution in [0.25, 0.3) is 10.9 Å². The molecular weight excluding hydrogens is 236 g/mol. The lowest BCUT2D eigenvalue weighted by Crippen LogP contribution is -2.14. The van der Waals surface area contributed by atoms with Crippen molar-refractivity contribution in [1.82, 2.24) is 4.98 Å². The van der Waals surface area contributed by atoms with Crippen molar-refractivity contribution in [2.75, 3.05) is 38.0 Å². The van der Waals surface area contributed by atoms with Crippen molar-refractivity contribution in [2.45, 2.75) is 6.92 Å². The maximum Gasteiger partial charge on any atom is 0.103 e. The first-order valence-corrected chi connectivity index (χ1v) is 6.15. The van der Waals surface area contributed by atoms with Crippen molar-refractivity contribution in [1.29, 1.82) is 5.26 Å². The van der Waals surface area contributed by atoms with Gasteiger partial charge in [-0.15, -0.1) is 0 Å². The summed E-state index contributed by atoms with van der Waals surface area (Å²) in [5, 5.41) is 10.4. The van der Waals surface area contributed by atoms with Crippen LogP contribution in [0.1, 0.15) is 11.3 Å². The zero-order valence-electron chi connectivity index (χ0n) is 12.0. The maximum atomic E-state index is 9.36. The fraction of sp³-hybridized carbons (Fsp3) is 0.333. The van der Waals surface area contributed by atoms with Crippen LogP contribution >= 0.6 is 0 Å². The Bertz CT molecular complexity index is 666. The van der Waals surface area contributed by atoms with Gasteiger partial charge in [-0.25, -0.2) is 4.98 Å². The molecule has 0 aliphatic heterocycles. The fourth-order valence-corrected chi connectivity index (χ4v) is 2.33. The number of rotatable bonds is 2. The lowest BCUT2D eigenvalue weighted by molar-refractivity contribution is 1.10. The van der Waals surface area contributed by atoms with Crippen LogP contribution in [0.2, 0.25) is 0 Å². The highest BCUT2D eigenvalue weighted by atomic mass is 15.1. The molecule has 0 aliphatic rings. The molecule has 4 heteroatoms. The summed E-state index contributed by atoms with van der Waals surface area (Å²) in [5.74, 6) is 0. The molecule has 19 heavy (non-hydrogen) atoms. The van der Waals surface area contributed by atoms with Gasteiger partial charge < -0.3 is 9.80 Å². The van der Waals surface area contributed by atoms with E-state index in [0.29, 0.717) is 5.56 Å². The Morgan fingerprint density at radius 2 is 1.79 bits per heavy atom. The topological polar surface area (TPSA) is 43.2 Å². The predicted molar refractivity (Wildman–Crippen MR) is 79.8 cm³/mol. The molecule has 0 bridgehead atoms. The van der Waals surface area contributed by atoms with Crippen molar-refractivity contribution in [3.8, 4) is 6.07 Å². The molecule has 0 fully saturated rings. The first kappa shape index (κ1) is 13.2. The summed E-state index contributed by atoms with van der Waals surface area (Å²) in [4.78, 5) is 8.64. The SMILES string of the molecule is Cc1nc2c(N(C)C)cccc2c(N(C)C)c1C#N. The number of para-hydroxylation sites is 1. The van der Waals surface area contributed by atoms with E-state index in [-0.39, 0.29) is 0 Å². The minimum atomic E-state index is 0.647. The van der Waals surface area contributed by atoms with E-state index in [4.69, 9.17) is 0 Å². The van der Waals surface area contributed by atoms with Gasteiger partial charge in [0.2, 0.25) is 0 Å². The molecule has 1 heterocycles. The summed E-state index contributed by atoms with van der Waals surface area (Å²) >= 11 is 0. The second kappa shape index (κ2) is 4.77. The molecule has 0 N–H and O–H groups in total. The minimum Gasteiger partial charge on any atom is -0.376 e. The molecule has 0 atom stereocenters. The van der Waals surface area contributed by atoms with Gasteiger partial charge in [0, 0.05) is 33.6 Å².